The zero-order valence-electron chi connectivity index (χ0n) is 25.2. The maximum atomic E-state index is 13.5. The van der Waals surface area contributed by atoms with Crippen LogP contribution >= 0.6 is 0 Å². The van der Waals surface area contributed by atoms with Gasteiger partial charge in [0.1, 0.15) is 0 Å². The molecular weight excluding hydrogens is 607 g/mol. The molecule has 232 valence electrons. The molecule has 0 aliphatic carbocycles. The molecule has 3 amide bonds. The van der Waals surface area contributed by atoms with Crippen LogP contribution in [0.1, 0.15) is 64.7 Å². The summed E-state index contributed by atoms with van der Waals surface area (Å²) in [4.78, 5) is 66.8. The van der Waals surface area contributed by atoms with Gasteiger partial charge in [0, 0.05) is 0 Å². The number of amides is 3. The molecule has 13 nitrogen and oxygen atoms in total. The Bertz CT molecular complexity index is 1160. The number of hydrogen-bond donors (Lipinski definition) is 4. The third-order valence-electron chi connectivity index (χ3n) is 5.79. The first kappa shape index (κ1) is 34.6. The Morgan fingerprint density at radius 2 is 1.64 bits per heavy atom. The molecule has 2 unspecified atom stereocenters. The quantitative estimate of drug-likeness (QED) is 0.0910. The first-order valence-corrected chi connectivity index (χ1v) is 16.2. The van der Waals surface area contributed by atoms with Gasteiger partial charge in [-0.15, -0.1) is 0 Å². The van der Waals surface area contributed by atoms with E-state index in [0.717, 1.165) is 0 Å². The molecule has 0 saturated carbocycles. The average Bonchev–Trinajstić information content (AvgIpc) is 2.84. The van der Waals surface area contributed by atoms with Crippen LogP contribution < -0.4 is 16.4 Å². The fourth-order valence-corrected chi connectivity index (χ4v) is 5.98. The number of nitrogens with one attached hydrogen (secondary N) is 3. The predicted octanol–water partition coefficient (Wildman–Crippen LogP) is 1.67. The number of carbonyl (C=O) groups is 5. The molecule has 2 rings (SSSR count). The molecule has 1 saturated heterocycles. The van der Waals surface area contributed by atoms with Crippen molar-refractivity contribution in [2.45, 2.75) is 76.8 Å². The van der Waals surface area contributed by atoms with Crippen LogP contribution in [-0.4, -0.2) is 103 Å². The van der Waals surface area contributed by atoms with E-state index in [9.17, 15) is 24.0 Å². The second-order valence-electron chi connectivity index (χ2n) is 11.8. The summed E-state index contributed by atoms with van der Waals surface area (Å²) in [5.41, 5.74) is 5.00. The molecule has 1 aliphatic rings. The topological polar surface area (TPSA) is 184 Å². The van der Waals surface area contributed by atoms with E-state index in [0.29, 0.717) is 17.7 Å². The summed E-state index contributed by atoms with van der Waals surface area (Å²) in [6, 6.07) is 5.65. The third kappa shape index (κ3) is 12.1. The maximum absolute atomic E-state index is 13.5. The monoisotopic (exact) mass is 650 g/mol. The van der Waals surface area contributed by atoms with Gasteiger partial charge in [-0.05, 0) is 0 Å². The molecule has 1 aromatic rings. The van der Waals surface area contributed by atoms with Crippen molar-refractivity contribution >= 4 is 55.8 Å². The molecule has 14 heteroatoms. The van der Waals surface area contributed by atoms with Gasteiger partial charge in [-0.1, -0.05) is 0 Å². The van der Waals surface area contributed by atoms with Crippen LogP contribution in [0, 0.1) is 5.41 Å². The first-order chi connectivity index (χ1) is 19.4. The molecule has 0 spiro atoms. The Labute approximate surface area is 253 Å². The Hall–Kier alpha value is -3.60. The number of nitrogens with two attached hydrogens (primary N) is 1. The number of nitrogens with zero attached hydrogens (tertiary/aromatic N) is 2. The molecule has 0 aromatic heterocycles. The Morgan fingerprint density at radius 1 is 1.02 bits per heavy atom. The van der Waals surface area contributed by atoms with Gasteiger partial charge in [0.05, 0.1) is 0 Å². The number of guanidine groups is 1. The summed E-state index contributed by atoms with van der Waals surface area (Å²) in [5.74, 6) is -1.43. The summed E-state index contributed by atoms with van der Waals surface area (Å²) in [6.07, 6.45) is 0.0604. The summed E-state index contributed by atoms with van der Waals surface area (Å²) >= 11 is -1.37. The summed E-state index contributed by atoms with van der Waals surface area (Å²) in [7, 11) is 0. The van der Waals surface area contributed by atoms with Crippen molar-refractivity contribution in [2.24, 2.45) is 5.73 Å². The van der Waals surface area contributed by atoms with E-state index < -0.39 is 45.1 Å². The number of alkyl carbamates (subject to hydrolysis) is 1. The van der Waals surface area contributed by atoms with Crippen LogP contribution in [-0.2, 0) is 23.9 Å². The van der Waals surface area contributed by atoms with Gasteiger partial charge in [-0.2, -0.15) is 0 Å². The van der Waals surface area contributed by atoms with Crippen molar-refractivity contribution in [2.75, 3.05) is 31.5 Å². The minimum absolute atomic E-state index is 0.0261. The minimum atomic E-state index is -1.37. The van der Waals surface area contributed by atoms with Gasteiger partial charge in [-0.3, -0.25) is 0 Å². The van der Waals surface area contributed by atoms with Crippen LogP contribution in [0.2, 0.25) is 5.21 Å². The summed E-state index contributed by atoms with van der Waals surface area (Å²) in [5, 5.41) is 12.6. The second-order valence-corrected chi connectivity index (χ2v) is 14.3. The third-order valence-corrected chi connectivity index (χ3v) is 8.08. The van der Waals surface area contributed by atoms with E-state index >= 15 is 0 Å². The van der Waals surface area contributed by atoms with Gasteiger partial charge in [-0.25, -0.2) is 0 Å². The number of rotatable bonds is 11. The molecule has 1 aromatic carbocycles. The average molecular weight is 651 g/mol. The molecule has 1 fully saturated rings. The first-order valence-electron chi connectivity index (χ1n) is 13.7. The van der Waals surface area contributed by atoms with Crippen molar-refractivity contribution in [3.63, 3.8) is 0 Å². The Morgan fingerprint density at radius 3 is 2.21 bits per heavy atom. The summed E-state index contributed by atoms with van der Waals surface area (Å²) < 4.78 is 10.5. The van der Waals surface area contributed by atoms with E-state index in [1.165, 1.54) is 9.80 Å². The van der Waals surface area contributed by atoms with Crippen LogP contribution in [0.25, 0.3) is 0 Å². The van der Waals surface area contributed by atoms with Crippen molar-refractivity contribution in [3.05, 3.63) is 29.8 Å². The van der Waals surface area contributed by atoms with Gasteiger partial charge >= 0.3 is 254 Å². The number of anilines is 1. The van der Waals surface area contributed by atoms with Crippen LogP contribution in [0.15, 0.2) is 24.3 Å². The molecule has 0 bridgehead atoms. The second kappa shape index (κ2) is 15.0. The SMILES string of the molecule is CC(C)(C)OC(=O)CN1CCN(C(=O)C[AsH]C(=O)c2ccc(NC(=N)N)cc2)C(CCCNC(=O)OC(C)(C)C)C1=O. The van der Waals surface area contributed by atoms with E-state index in [2.05, 4.69) is 10.6 Å². The zero-order valence-corrected chi connectivity index (χ0v) is 27.3. The molecular formula is C28H43AsN6O7. The number of esters is 1. The normalized spacial score (nSPS) is 15.9. The fourth-order valence-electron chi connectivity index (χ4n) is 4.12. The molecule has 2 atom stereocenters. The fraction of sp³-hybridized carbons (Fsp3) is 0.571. The molecule has 42 heavy (non-hydrogen) atoms. The van der Waals surface area contributed by atoms with E-state index in [1.807, 2.05) is 0 Å². The predicted molar refractivity (Wildman–Crippen MR) is 160 cm³/mol. The number of carbonyl (C=O) groups excluding carboxylic acids is 5. The van der Waals surface area contributed by atoms with Gasteiger partial charge < -0.3 is 0 Å². The molecule has 1 aliphatic heterocycles. The Kier molecular flexibility index (Phi) is 12.4. The number of benzene rings is 1. The standard InChI is InChI=1S/C28H43AsN6O7/c1-27(2,3)41-22(37)17-34-14-15-35(20(24(34)39)8-7-13-32-26(40)42-28(4,5)6)21(36)16-29-23(38)18-9-11-19(12-10-18)33-25(30)31/h9-12,20,29H,7-8,13-17H2,1-6H3,(H,32,40)(H4,30,31,33). The van der Waals surface area contributed by atoms with Crippen LogP contribution in [0.4, 0.5) is 10.5 Å². The number of ether oxygens (including phenoxy) is 2. The van der Waals surface area contributed by atoms with Crippen molar-refractivity contribution < 1.29 is 33.4 Å². The van der Waals surface area contributed by atoms with Gasteiger partial charge in [0.15, 0.2) is 0 Å². The number of hydrogen-bond acceptors (Lipinski definition) is 8. The van der Waals surface area contributed by atoms with Crippen molar-refractivity contribution in [1.82, 2.24) is 15.1 Å². The number of piperazine rings is 1. The summed E-state index contributed by atoms with van der Waals surface area (Å²) in [6.45, 7) is 10.9. The Balaban J connectivity index is 2.05. The van der Waals surface area contributed by atoms with Crippen LogP contribution in [0.5, 0.6) is 0 Å². The molecule has 0 radical (unpaired) electrons. The zero-order chi connectivity index (χ0) is 31.7. The van der Waals surface area contributed by atoms with Crippen LogP contribution in [0.3, 0.4) is 0 Å². The van der Waals surface area contributed by atoms with E-state index in [1.54, 1.807) is 65.8 Å². The van der Waals surface area contributed by atoms with E-state index in [4.69, 9.17) is 20.6 Å². The van der Waals surface area contributed by atoms with E-state index in [-0.39, 0.29) is 60.2 Å². The van der Waals surface area contributed by atoms with Gasteiger partial charge in [0.25, 0.3) is 0 Å². The van der Waals surface area contributed by atoms with Crippen molar-refractivity contribution in [3.8, 4) is 0 Å². The van der Waals surface area contributed by atoms with Gasteiger partial charge in [0.2, 0.25) is 0 Å². The molecule has 1 heterocycles. The van der Waals surface area contributed by atoms with Crippen molar-refractivity contribution in [1.29, 1.82) is 5.41 Å². The molecule has 5 N–H and O–H groups in total.